The van der Waals surface area contributed by atoms with Gasteiger partial charge in [0.15, 0.2) is 0 Å². The molecular formula is C17H20FN2O2S2+. The Morgan fingerprint density at radius 3 is 2.92 bits per heavy atom. The molecule has 4 nitrogen and oxygen atoms in total. The lowest BCUT2D eigenvalue weighted by atomic mass is 10.2. The van der Waals surface area contributed by atoms with Crippen LogP contribution in [0.5, 0.6) is 0 Å². The zero-order valence-electron chi connectivity index (χ0n) is 13.3. The first-order chi connectivity index (χ1) is 11.6. The Hall–Kier alpha value is -1.28. The van der Waals surface area contributed by atoms with E-state index in [1.54, 1.807) is 23.1 Å². The molecule has 0 aliphatic carbocycles. The number of nitrogens with one attached hydrogen (secondary N) is 1. The zero-order chi connectivity index (χ0) is 16.9. The third-order valence-corrected chi connectivity index (χ3v) is 5.51. The minimum absolute atomic E-state index is 0.0776. The van der Waals surface area contributed by atoms with Crippen molar-refractivity contribution in [2.24, 2.45) is 0 Å². The molecule has 128 valence electrons. The fourth-order valence-electron chi connectivity index (χ4n) is 2.84. The third-order valence-electron chi connectivity index (χ3n) is 4.13. The lowest BCUT2D eigenvalue weighted by Gasteiger charge is -2.24. The Balaban J connectivity index is 1.57. The van der Waals surface area contributed by atoms with Crippen molar-refractivity contribution >= 4 is 40.3 Å². The molecule has 1 N–H and O–H groups in total. The zero-order valence-corrected chi connectivity index (χ0v) is 14.9. The van der Waals surface area contributed by atoms with Gasteiger partial charge >= 0.3 is 0 Å². The summed E-state index contributed by atoms with van der Waals surface area (Å²) in [4.78, 5) is 16.2. The van der Waals surface area contributed by atoms with E-state index in [1.807, 2.05) is 0 Å². The smallest absolute Gasteiger partial charge is 0.266 e. The van der Waals surface area contributed by atoms with E-state index in [-0.39, 0.29) is 11.7 Å². The van der Waals surface area contributed by atoms with Crippen molar-refractivity contribution in [3.05, 3.63) is 40.6 Å². The summed E-state index contributed by atoms with van der Waals surface area (Å²) in [5.41, 5.74) is 0.674. The molecule has 0 radical (unpaired) electrons. The number of rotatable bonds is 5. The van der Waals surface area contributed by atoms with E-state index in [2.05, 4.69) is 0 Å². The summed E-state index contributed by atoms with van der Waals surface area (Å²) in [6.45, 7) is 5.33. The van der Waals surface area contributed by atoms with Crippen LogP contribution < -0.4 is 4.90 Å². The highest BCUT2D eigenvalue weighted by Crippen LogP contribution is 2.32. The first kappa shape index (κ1) is 17.5. The van der Waals surface area contributed by atoms with Gasteiger partial charge < -0.3 is 9.64 Å². The predicted octanol–water partition coefficient (Wildman–Crippen LogP) is 1.33. The lowest BCUT2D eigenvalue weighted by Crippen LogP contribution is -3.14. The quantitative estimate of drug-likeness (QED) is 0.629. The number of ether oxygens (including phenoxy) is 1. The number of nitrogens with zero attached hydrogens (tertiary/aromatic N) is 1. The van der Waals surface area contributed by atoms with Crippen LogP contribution in [0.4, 0.5) is 4.39 Å². The van der Waals surface area contributed by atoms with Crippen LogP contribution in [0.2, 0.25) is 0 Å². The van der Waals surface area contributed by atoms with Crippen LogP contribution in [0, 0.1) is 5.82 Å². The number of carbonyl (C=O) groups is 1. The highest BCUT2D eigenvalue weighted by atomic mass is 32.2. The Labute approximate surface area is 150 Å². The maximum absolute atomic E-state index is 13.3. The summed E-state index contributed by atoms with van der Waals surface area (Å²) >= 11 is 6.62. The van der Waals surface area contributed by atoms with Crippen molar-refractivity contribution in [2.45, 2.75) is 6.42 Å². The van der Waals surface area contributed by atoms with E-state index in [1.165, 1.54) is 28.8 Å². The van der Waals surface area contributed by atoms with Crippen molar-refractivity contribution in [1.82, 2.24) is 4.90 Å². The molecule has 2 saturated heterocycles. The molecule has 2 heterocycles. The number of carbonyl (C=O) groups excluding carboxylic acids is 1. The third kappa shape index (κ3) is 4.42. The second-order valence-corrected chi connectivity index (χ2v) is 7.53. The van der Waals surface area contributed by atoms with Crippen LogP contribution in [0.15, 0.2) is 29.2 Å². The monoisotopic (exact) mass is 367 g/mol. The van der Waals surface area contributed by atoms with Crippen molar-refractivity contribution in [1.29, 1.82) is 0 Å². The highest BCUT2D eigenvalue weighted by molar-refractivity contribution is 8.26. The second-order valence-electron chi connectivity index (χ2n) is 5.85. The van der Waals surface area contributed by atoms with E-state index in [4.69, 9.17) is 17.0 Å². The summed E-state index contributed by atoms with van der Waals surface area (Å²) in [5, 5.41) is 0. The molecule has 1 amide bonds. The Morgan fingerprint density at radius 1 is 1.38 bits per heavy atom. The van der Waals surface area contributed by atoms with E-state index >= 15 is 0 Å². The van der Waals surface area contributed by atoms with Gasteiger partial charge in [0.25, 0.3) is 5.91 Å². The van der Waals surface area contributed by atoms with Gasteiger partial charge in [0.1, 0.15) is 23.2 Å². The van der Waals surface area contributed by atoms with E-state index < -0.39 is 0 Å². The largest absolute Gasteiger partial charge is 0.370 e. The fraction of sp³-hybridized carbons (Fsp3) is 0.412. The summed E-state index contributed by atoms with van der Waals surface area (Å²) in [5.74, 6) is -0.390. The summed E-state index contributed by atoms with van der Waals surface area (Å²) in [6, 6.07) is 6.20. The predicted molar refractivity (Wildman–Crippen MR) is 97.3 cm³/mol. The van der Waals surface area contributed by atoms with Gasteiger partial charge in [-0.3, -0.25) is 9.69 Å². The number of halogens is 1. The number of thiocarbonyl (C=S) groups is 1. The highest BCUT2D eigenvalue weighted by Gasteiger charge is 2.31. The first-order valence-electron chi connectivity index (χ1n) is 8.06. The molecule has 0 unspecified atom stereocenters. The van der Waals surface area contributed by atoms with Gasteiger partial charge in [0.2, 0.25) is 0 Å². The Bertz CT molecular complexity index is 660. The summed E-state index contributed by atoms with van der Waals surface area (Å²) in [7, 11) is 0. The number of hydrogen-bond donors (Lipinski definition) is 1. The number of benzene rings is 1. The molecule has 0 aromatic heterocycles. The van der Waals surface area contributed by atoms with Gasteiger partial charge in [-0.1, -0.05) is 36.1 Å². The van der Waals surface area contributed by atoms with Gasteiger partial charge in [-0.2, -0.15) is 0 Å². The topological polar surface area (TPSA) is 34.0 Å². The van der Waals surface area contributed by atoms with Gasteiger partial charge in [-0.05, 0) is 23.8 Å². The Kier molecular flexibility index (Phi) is 5.99. The maximum atomic E-state index is 13.3. The van der Waals surface area contributed by atoms with E-state index in [0.717, 1.165) is 39.3 Å². The SMILES string of the molecule is O=C1/C(=C/c2cccc(F)c2)SC(=S)N1CCC[NH+]1CCOCC1. The van der Waals surface area contributed by atoms with Crippen LogP contribution in [0.3, 0.4) is 0 Å². The molecule has 2 fully saturated rings. The van der Waals surface area contributed by atoms with Gasteiger partial charge in [0.05, 0.1) is 24.7 Å². The van der Waals surface area contributed by atoms with E-state index in [0.29, 0.717) is 21.3 Å². The number of morpholine rings is 1. The average molecular weight is 367 g/mol. The summed E-state index contributed by atoms with van der Waals surface area (Å²) in [6.07, 6.45) is 2.62. The molecule has 1 aromatic carbocycles. The minimum atomic E-state index is -0.312. The molecule has 7 heteroatoms. The van der Waals surface area contributed by atoms with Crippen LogP contribution in [0.25, 0.3) is 6.08 Å². The standard InChI is InChI=1S/C17H19FN2O2S2/c18-14-4-1-3-13(11-14)12-15-16(21)20(17(23)24-15)6-2-5-19-7-9-22-10-8-19/h1,3-4,11-12H,2,5-10H2/p+1/b15-12-. The second kappa shape index (κ2) is 8.20. The maximum Gasteiger partial charge on any atom is 0.266 e. The Morgan fingerprint density at radius 2 is 2.17 bits per heavy atom. The lowest BCUT2D eigenvalue weighted by molar-refractivity contribution is -0.908. The van der Waals surface area contributed by atoms with Gasteiger partial charge in [0, 0.05) is 13.0 Å². The molecular weight excluding hydrogens is 347 g/mol. The molecule has 0 atom stereocenters. The van der Waals surface area contributed by atoms with E-state index in [9.17, 15) is 9.18 Å². The molecule has 0 spiro atoms. The van der Waals surface area contributed by atoms with Crippen LogP contribution >= 0.6 is 24.0 Å². The molecule has 1 aromatic rings. The van der Waals surface area contributed by atoms with Crippen molar-refractivity contribution < 1.29 is 18.8 Å². The molecule has 3 rings (SSSR count). The molecule has 24 heavy (non-hydrogen) atoms. The minimum Gasteiger partial charge on any atom is -0.370 e. The van der Waals surface area contributed by atoms with Crippen LogP contribution in [0.1, 0.15) is 12.0 Å². The number of amides is 1. The van der Waals surface area contributed by atoms with Crippen molar-refractivity contribution in [3.8, 4) is 0 Å². The van der Waals surface area contributed by atoms with Crippen LogP contribution in [-0.4, -0.2) is 54.5 Å². The van der Waals surface area contributed by atoms with Crippen molar-refractivity contribution in [3.63, 3.8) is 0 Å². The number of hydrogen-bond acceptors (Lipinski definition) is 4. The normalized spacial score (nSPS) is 21.0. The summed E-state index contributed by atoms with van der Waals surface area (Å²) < 4.78 is 19.2. The molecule has 2 aliphatic heterocycles. The average Bonchev–Trinajstić information content (AvgIpc) is 2.83. The van der Waals surface area contributed by atoms with Crippen molar-refractivity contribution in [2.75, 3.05) is 39.4 Å². The molecule has 0 saturated carbocycles. The fourth-order valence-corrected chi connectivity index (χ4v) is 4.15. The first-order valence-corrected chi connectivity index (χ1v) is 9.28. The number of quaternary nitrogens is 1. The number of thioether (sulfide) groups is 1. The molecule has 0 bridgehead atoms. The van der Waals surface area contributed by atoms with Gasteiger partial charge in [-0.15, -0.1) is 0 Å². The molecule has 2 aliphatic rings. The van der Waals surface area contributed by atoms with Gasteiger partial charge in [-0.25, -0.2) is 4.39 Å². The van der Waals surface area contributed by atoms with Crippen LogP contribution in [-0.2, 0) is 9.53 Å².